The van der Waals surface area contributed by atoms with Crippen molar-refractivity contribution in [3.63, 3.8) is 0 Å². The van der Waals surface area contributed by atoms with Gasteiger partial charge < -0.3 is 57.8 Å². The van der Waals surface area contributed by atoms with Crippen LogP contribution in [0.15, 0.2) is 267 Å². The monoisotopic (exact) mass is 1520 g/mol. The molecule has 4 aliphatic heterocycles. The zero-order valence-corrected chi connectivity index (χ0v) is 64.1. The van der Waals surface area contributed by atoms with Crippen molar-refractivity contribution in [2.24, 2.45) is 0 Å². The number of aromatic nitrogens is 8. The summed E-state index contributed by atoms with van der Waals surface area (Å²) in [7, 11) is 3.31. The van der Waals surface area contributed by atoms with E-state index < -0.39 is 0 Å². The molecule has 6 aromatic heterocycles. The molecule has 116 heavy (non-hydrogen) atoms. The van der Waals surface area contributed by atoms with Crippen LogP contribution in [0.25, 0.3) is 182 Å². The normalized spacial score (nSPS) is 12.1. The van der Waals surface area contributed by atoms with Crippen LogP contribution in [0.5, 0.6) is 23.0 Å². The lowest BCUT2D eigenvalue weighted by atomic mass is 10.0. The Kier molecular flexibility index (Phi) is 21.6. The molecular weight excluding hydrogens is 1440 g/mol. The number of methoxy groups -OCH3 is 2. The Balaban J connectivity index is 0.504. The van der Waals surface area contributed by atoms with Gasteiger partial charge in [0, 0.05) is 88.6 Å². The average Bonchev–Trinajstić information content (AvgIpc) is 1.60. The van der Waals surface area contributed by atoms with Crippen molar-refractivity contribution in [1.29, 1.82) is 0 Å². The van der Waals surface area contributed by atoms with Gasteiger partial charge >= 0.3 is 0 Å². The number of hydrogen-bond acceptors (Lipinski definition) is 12. The van der Waals surface area contributed by atoms with E-state index in [-0.39, 0.29) is 0 Å². The molecular formula is C100H82N8O8. The third kappa shape index (κ3) is 15.6. The first-order valence-corrected chi connectivity index (χ1v) is 39.0. The molecule has 0 saturated carbocycles. The third-order valence-electron chi connectivity index (χ3n) is 20.9. The molecule has 0 fully saturated rings. The molecule has 0 saturated heterocycles. The van der Waals surface area contributed by atoms with E-state index >= 15 is 0 Å². The van der Waals surface area contributed by atoms with E-state index in [1.807, 2.05) is 60.7 Å². The highest BCUT2D eigenvalue weighted by Crippen LogP contribution is 2.44. The second kappa shape index (κ2) is 34.1. The van der Waals surface area contributed by atoms with Crippen LogP contribution >= 0.6 is 0 Å². The van der Waals surface area contributed by atoms with E-state index in [0.717, 1.165) is 179 Å². The van der Waals surface area contributed by atoms with Gasteiger partial charge in [0.1, 0.15) is 13.2 Å². The highest BCUT2D eigenvalue weighted by Gasteiger charge is 2.24. The molecule has 0 unspecified atom stereocenters. The number of benzene rings is 8. The minimum absolute atomic E-state index is 0.297. The summed E-state index contributed by atoms with van der Waals surface area (Å²) in [5, 5.41) is 0. The molecule has 570 valence electrons. The van der Waals surface area contributed by atoms with E-state index in [1.165, 1.54) is 0 Å². The zero-order chi connectivity index (χ0) is 77.9. The van der Waals surface area contributed by atoms with Gasteiger partial charge in [0.25, 0.3) is 0 Å². The van der Waals surface area contributed by atoms with Crippen molar-refractivity contribution in [2.75, 3.05) is 80.3 Å². The van der Waals surface area contributed by atoms with Crippen molar-refractivity contribution in [2.45, 2.75) is 0 Å². The minimum Gasteiger partial charge on any atom is -0.493 e. The summed E-state index contributed by atoms with van der Waals surface area (Å²) in [6.45, 7) is 3.67. The number of rotatable bonds is 27. The van der Waals surface area contributed by atoms with Crippen LogP contribution in [0.4, 0.5) is 0 Å². The maximum Gasteiger partial charge on any atom is 0.161 e. The van der Waals surface area contributed by atoms with Crippen LogP contribution in [0.3, 0.4) is 0 Å². The van der Waals surface area contributed by atoms with E-state index in [9.17, 15) is 0 Å². The highest BCUT2D eigenvalue weighted by atomic mass is 16.6. The maximum absolute atomic E-state index is 6.32. The van der Waals surface area contributed by atoms with Crippen LogP contribution in [0.1, 0.15) is 45.6 Å². The summed E-state index contributed by atoms with van der Waals surface area (Å²) < 4.78 is 48.4. The summed E-state index contributed by atoms with van der Waals surface area (Å²) in [6.07, 6.45) is 16.9. The number of hydrogen-bond donors (Lipinski definition) is 4. The molecule has 0 spiro atoms. The van der Waals surface area contributed by atoms with E-state index in [2.05, 4.69) is 275 Å². The van der Waals surface area contributed by atoms with Gasteiger partial charge in [0.05, 0.1) is 113 Å². The van der Waals surface area contributed by atoms with Crippen molar-refractivity contribution in [3.8, 4) is 112 Å². The Bertz CT molecular complexity index is 5970. The molecule has 4 aliphatic rings. The lowest BCUT2D eigenvalue weighted by molar-refractivity contribution is -0.00709. The average molecular weight is 1520 g/mol. The summed E-state index contributed by atoms with van der Waals surface area (Å²) in [6, 6.07) is 91.7. The van der Waals surface area contributed by atoms with Crippen molar-refractivity contribution in [1.82, 2.24) is 39.9 Å². The van der Waals surface area contributed by atoms with Gasteiger partial charge in [-0.05, 0) is 166 Å². The number of aromatic amines is 4. The number of nitrogens with zero attached hydrogens (tertiary/aromatic N) is 4. The van der Waals surface area contributed by atoms with Crippen LogP contribution < -0.4 is 18.9 Å². The van der Waals surface area contributed by atoms with Crippen molar-refractivity contribution in [3.05, 3.63) is 312 Å². The van der Waals surface area contributed by atoms with Crippen LogP contribution in [0, 0.1) is 0 Å². The topological polar surface area (TPSA) is 189 Å². The fraction of sp³-hybridized carbons (Fsp3) is 0.120. The maximum atomic E-state index is 6.32. The first kappa shape index (κ1) is 73.5. The number of ether oxygens (including phenoxy) is 8. The Morgan fingerprint density at radius 1 is 0.198 bits per heavy atom. The largest absolute Gasteiger partial charge is 0.493 e. The second-order valence-corrected chi connectivity index (χ2v) is 28.1. The molecule has 16 heteroatoms. The molecule has 4 N–H and O–H groups in total. The molecule has 0 atom stereocenters. The SMILES string of the molecule is COc1cc(-c2c3nc(c(-c4ccccc4)c4ccc([nH]4)c(-c4ccccc4)c4nc(c(-c5ccccc5)c5ccc2[nH]5)C=C4)C=C3)ccc1OCCOCCOCCOCCOCCOc1ccc(-c2c3nc(c(-c4ccccc4)c4ccc([nH]4)c(-c4ccccc4)c4nc(c(-c5ccccc5)c5ccc2[nH]5)C=C4)C=C3)cc1OC. The highest BCUT2D eigenvalue weighted by molar-refractivity contribution is 6.03. The lowest BCUT2D eigenvalue weighted by Crippen LogP contribution is -2.14. The molecule has 18 rings (SSSR count). The van der Waals surface area contributed by atoms with Gasteiger partial charge in [-0.3, -0.25) is 0 Å². The number of fused-ring (bicyclic) bond motifs is 16. The Labute approximate surface area is 671 Å². The summed E-state index contributed by atoms with van der Waals surface area (Å²) in [4.78, 5) is 37.2. The molecule has 0 radical (unpaired) electrons. The summed E-state index contributed by atoms with van der Waals surface area (Å²) in [5.41, 5.74) is 29.6. The first-order valence-electron chi connectivity index (χ1n) is 39.0. The minimum atomic E-state index is 0.297. The summed E-state index contributed by atoms with van der Waals surface area (Å²) >= 11 is 0. The first-order chi connectivity index (χ1) is 57.4. The molecule has 10 heterocycles. The Morgan fingerprint density at radius 3 is 0.586 bits per heavy atom. The second-order valence-electron chi connectivity index (χ2n) is 28.1. The van der Waals surface area contributed by atoms with Crippen LogP contribution in [0.2, 0.25) is 0 Å². The van der Waals surface area contributed by atoms with Crippen LogP contribution in [-0.2, 0) is 18.9 Å². The predicted molar refractivity (Wildman–Crippen MR) is 469 cm³/mol. The van der Waals surface area contributed by atoms with E-state index in [1.54, 1.807) is 14.2 Å². The molecule has 14 aromatic rings. The molecule has 0 amide bonds. The van der Waals surface area contributed by atoms with Gasteiger partial charge in [-0.25, -0.2) is 19.9 Å². The smallest absolute Gasteiger partial charge is 0.161 e. The standard InChI is InChI=1S/C100H82N8O8/c1-109-91-63-71(99-85-47-43-81(105-85)95(67-25-13-5-14-26-67)77-39-35-73(101-77)93(65-21-9-3-10-22-65)74-36-40-78(102-74)96(68-27-15-6-16-28-68)82-44-48-86(99)106-82)33-51-89(91)115-61-59-113-57-55-111-53-54-112-56-58-114-60-62-116-90-52-34-72(64-92(90)110-2)100-87-49-45-83(107-87)97(69-29-17-7-18-30-69)79-41-37-75(103-79)94(66-23-11-4-12-24-66)76-38-42-80(104-76)98(70-31-19-8-20-32-70)84-46-50-88(100)108-84/h3-52,63-64,101,103,106,108H,53-62H2,1-2H3. The van der Waals surface area contributed by atoms with Gasteiger partial charge in [0.15, 0.2) is 23.0 Å². The quantitative estimate of drug-likeness (QED) is 0.0357. The fourth-order valence-electron chi connectivity index (χ4n) is 15.5. The van der Waals surface area contributed by atoms with Gasteiger partial charge in [-0.1, -0.05) is 194 Å². The van der Waals surface area contributed by atoms with E-state index in [4.69, 9.17) is 57.8 Å². The van der Waals surface area contributed by atoms with Gasteiger partial charge in [-0.15, -0.1) is 0 Å². The van der Waals surface area contributed by atoms with Crippen molar-refractivity contribution >= 4 is 92.7 Å². The molecule has 0 aliphatic carbocycles. The third-order valence-corrected chi connectivity index (χ3v) is 20.9. The summed E-state index contributed by atoms with van der Waals surface area (Å²) in [5.74, 6) is 2.31. The van der Waals surface area contributed by atoms with Gasteiger partial charge in [-0.2, -0.15) is 0 Å². The molecule has 16 nitrogen and oxygen atoms in total. The van der Waals surface area contributed by atoms with E-state index in [0.29, 0.717) is 89.1 Å². The number of H-pyrrole nitrogens is 4. The number of nitrogens with one attached hydrogen (secondary N) is 4. The molecule has 8 aromatic carbocycles. The Hall–Kier alpha value is -14.0. The molecule has 16 bridgehead atoms. The predicted octanol–water partition coefficient (Wildman–Crippen LogP) is 22.5. The van der Waals surface area contributed by atoms with Gasteiger partial charge in [0.2, 0.25) is 0 Å². The van der Waals surface area contributed by atoms with Crippen LogP contribution in [-0.4, -0.2) is 120 Å². The fourth-order valence-corrected chi connectivity index (χ4v) is 15.5. The lowest BCUT2D eigenvalue weighted by Gasteiger charge is -2.13. The Morgan fingerprint density at radius 2 is 0.388 bits per heavy atom. The zero-order valence-electron chi connectivity index (χ0n) is 64.1. The van der Waals surface area contributed by atoms with Crippen molar-refractivity contribution < 1.29 is 37.9 Å².